The summed E-state index contributed by atoms with van der Waals surface area (Å²) in [6.45, 7) is 2.15. The van der Waals surface area contributed by atoms with Gasteiger partial charge in [0.05, 0.1) is 0 Å². The topological polar surface area (TPSA) is 20.2 Å². The van der Waals surface area contributed by atoms with Crippen LogP contribution in [-0.2, 0) is 6.42 Å². The van der Waals surface area contributed by atoms with Crippen molar-refractivity contribution in [2.24, 2.45) is 0 Å². The molecule has 0 aromatic heterocycles. The molecule has 0 radical (unpaired) electrons. The normalized spacial score (nSPS) is 10.5. The maximum Gasteiger partial charge on any atom is 0.115 e. The minimum atomic E-state index is 0.347. The summed E-state index contributed by atoms with van der Waals surface area (Å²) in [5.74, 6) is 0.347. The van der Waals surface area contributed by atoms with E-state index in [9.17, 15) is 0 Å². The summed E-state index contributed by atoms with van der Waals surface area (Å²) in [7, 11) is 0. The number of fused-ring (bicyclic) bond motifs is 1. The van der Waals surface area contributed by atoms with Gasteiger partial charge in [0.15, 0.2) is 0 Å². The highest BCUT2D eigenvalue weighted by Gasteiger charge is 2.11. The highest BCUT2D eigenvalue weighted by molar-refractivity contribution is 9.10. The van der Waals surface area contributed by atoms with Crippen molar-refractivity contribution < 1.29 is 5.11 Å². The van der Waals surface area contributed by atoms with Crippen molar-refractivity contribution in [1.82, 2.24) is 0 Å². The summed E-state index contributed by atoms with van der Waals surface area (Å²) >= 11 is 3.35. The average molecular weight is 291 g/mol. The highest BCUT2D eigenvalue weighted by atomic mass is 79.9. The van der Waals surface area contributed by atoms with E-state index in [4.69, 9.17) is 5.11 Å². The Hall–Kier alpha value is -1.28. The Balaban J connectivity index is 0.000000134. The van der Waals surface area contributed by atoms with Crippen molar-refractivity contribution in [3.05, 3.63) is 52.5 Å². The largest absolute Gasteiger partial charge is 0.508 e. The van der Waals surface area contributed by atoms with Gasteiger partial charge in [0.1, 0.15) is 5.75 Å². The van der Waals surface area contributed by atoms with E-state index in [0.29, 0.717) is 5.75 Å². The summed E-state index contributed by atoms with van der Waals surface area (Å²) in [4.78, 5) is 0. The summed E-state index contributed by atoms with van der Waals surface area (Å²) in [6.07, 6.45) is 2.26. The molecule has 1 aromatic rings. The molecule has 3 rings (SSSR count). The second-order valence-corrected chi connectivity index (χ2v) is 5.06. The number of hydrogen-bond donors (Lipinski definition) is 1. The summed E-state index contributed by atoms with van der Waals surface area (Å²) in [5.41, 5.74) is 4.08. The summed E-state index contributed by atoms with van der Waals surface area (Å²) in [6, 6.07) is 13.8. The minimum absolute atomic E-state index is 0.347. The predicted molar refractivity (Wildman–Crippen MR) is 75.2 cm³/mol. The molecule has 0 atom stereocenters. The summed E-state index contributed by atoms with van der Waals surface area (Å²) < 4.78 is 1.21. The van der Waals surface area contributed by atoms with Gasteiger partial charge in [-0.1, -0.05) is 41.4 Å². The Bertz CT molecular complexity index is 483. The number of hydrogen-bond acceptors (Lipinski definition) is 1. The molecule has 0 saturated carbocycles. The van der Waals surface area contributed by atoms with E-state index in [1.165, 1.54) is 21.2 Å². The number of rotatable bonds is 2. The van der Waals surface area contributed by atoms with E-state index in [0.717, 1.165) is 12.8 Å². The van der Waals surface area contributed by atoms with Crippen LogP contribution in [0, 0.1) is 0 Å². The van der Waals surface area contributed by atoms with Crippen LogP contribution in [0.4, 0.5) is 0 Å². The molecule has 0 heterocycles. The number of aryl methyl sites for hydroxylation is 1. The Labute approximate surface area is 110 Å². The van der Waals surface area contributed by atoms with Crippen LogP contribution in [0.5, 0.6) is 5.75 Å². The van der Waals surface area contributed by atoms with Gasteiger partial charge >= 0.3 is 0 Å². The minimum Gasteiger partial charge on any atom is -0.508 e. The molecule has 0 amide bonds. The third-order valence-electron chi connectivity index (χ3n) is 2.62. The molecule has 1 nitrogen and oxygen atoms in total. The first-order valence-electron chi connectivity index (χ1n) is 5.78. The molecule has 0 bridgehead atoms. The van der Waals surface area contributed by atoms with Crippen molar-refractivity contribution in [1.29, 1.82) is 0 Å². The van der Waals surface area contributed by atoms with E-state index in [1.54, 1.807) is 12.1 Å². The van der Waals surface area contributed by atoms with Crippen molar-refractivity contribution in [2.45, 2.75) is 19.8 Å². The van der Waals surface area contributed by atoms with E-state index < -0.39 is 0 Å². The second kappa shape index (κ2) is 5.37. The molecule has 17 heavy (non-hydrogen) atoms. The van der Waals surface area contributed by atoms with Gasteiger partial charge < -0.3 is 5.11 Å². The molecule has 0 spiro atoms. The molecule has 0 aliphatic heterocycles. The van der Waals surface area contributed by atoms with Crippen LogP contribution in [0.3, 0.4) is 0 Å². The Kier molecular flexibility index (Phi) is 3.85. The van der Waals surface area contributed by atoms with Crippen molar-refractivity contribution in [2.75, 3.05) is 0 Å². The Morgan fingerprint density at radius 2 is 1.59 bits per heavy atom. The van der Waals surface area contributed by atoms with Crippen LogP contribution in [0.25, 0.3) is 11.1 Å². The van der Waals surface area contributed by atoms with Gasteiger partial charge in [-0.15, -0.1) is 0 Å². The van der Waals surface area contributed by atoms with Gasteiger partial charge in [0, 0.05) is 4.47 Å². The third-order valence-corrected chi connectivity index (χ3v) is 3.08. The fourth-order valence-corrected chi connectivity index (χ4v) is 2.16. The fraction of sp³-hybridized carbons (Fsp3) is 0.200. The molecule has 2 aliphatic rings. The van der Waals surface area contributed by atoms with Crippen molar-refractivity contribution in [3.8, 4) is 16.9 Å². The first kappa shape index (κ1) is 12.2. The highest BCUT2D eigenvalue weighted by Crippen LogP contribution is 2.38. The molecule has 1 N–H and O–H groups in total. The molecule has 0 saturated heterocycles. The van der Waals surface area contributed by atoms with Gasteiger partial charge in [-0.2, -0.15) is 0 Å². The molecule has 88 valence electrons. The number of phenolic OH excluding ortho intramolecular Hbond substituents is 1. The van der Waals surface area contributed by atoms with E-state index in [1.807, 2.05) is 12.1 Å². The lowest BCUT2D eigenvalue weighted by atomic mass is 10.1. The lowest BCUT2D eigenvalue weighted by Gasteiger charge is -1.96. The number of aromatic hydroxyl groups is 1. The third kappa shape index (κ3) is 3.60. The zero-order valence-corrected chi connectivity index (χ0v) is 11.4. The zero-order valence-electron chi connectivity index (χ0n) is 9.78. The standard InChI is InChI=1S/C9H12O.C6H3Br/c1-2-3-8-4-6-9(10)7-5-8;7-6-2-4-1-5(4)3-6/h4-7,10H,2-3H2,1H3;1-3H. The SMILES string of the molecule is Brc1cc2cc-2c1.CCCc1ccc(O)cc1. The van der Waals surface area contributed by atoms with Crippen LogP contribution in [0.15, 0.2) is 46.9 Å². The maximum atomic E-state index is 8.92. The number of halogens is 1. The van der Waals surface area contributed by atoms with E-state index in [2.05, 4.69) is 41.1 Å². The van der Waals surface area contributed by atoms with Gasteiger partial charge in [-0.05, 0) is 53.4 Å². The molecular formula is C15H15BrO. The van der Waals surface area contributed by atoms with E-state index >= 15 is 0 Å². The van der Waals surface area contributed by atoms with Gasteiger partial charge in [0.25, 0.3) is 0 Å². The van der Waals surface area contributed by atoms with Crippen molar-refractivity contribution >= 4 is 15.9 Å². The van der Waals surface area contributed by atoms with Crippen LogP contribution in [-0.4, -0.2) is 5.11 Å². The monoisotopic (exact) mass is 290 g/mol. The smallest absolute Gasteiger partial charge is 0.115 e. The molecule has 0 unspecified atom stereocenters. The average Bonchev–Trinajstić information content (AvgIpc) is 2.91. The van der Waals surface area contributed by atoms with Gasteiger partial charge in [0.2, 0.25) is 0 Å². The quantitative estimate of drug-likeness (QED) is 0.720. The molecule has 2 heteroatoms. The van der Waals surface area contributed by atoms with Crippen LogP contribution < -0.4 is 0 Å². The Morgan fingerprint density at radius 3 is 2.00 bits per heavy atom. The van der Waals surface area contributed by atoms with E-state index in [-0.39, 0.29) is 0 Å². The number of benzene rings is 2. The van der Waals surface area contributed by atoms with Crippen molar-refractivity contribution in [3.63, 3.8) is 0 Å². The Morgan fingerprint density at radius 1 is 1.00 bits per heavy atom. The lowest BCUT2D eigenvalue weighted by molar-refractivity contribution is 0.475. The first-order valence-corrected chi connectivity index (χ1v) is 6.57. The first-order chi connectivity index (χ1) is 8.19. The van der Waals surface area contributed by atoms with Gasteiger partial charge in [-0.3, -0.25) is 0 Å². The van der Waals surface area contributed by atoms with Gasteiger partial charge in [-0.25, -0.2) is 0 Å². The molecular weight excluding hydrogens is 276 g/mol. The molecule has 0 fully saturated rings. The molecule has 1 aromatic carbocycles. The van der Waals surface area contributed by atoms with Crippen LogP contribution in [0.2, 0.25) is 0 Å². The van der Waals surface area contributed by atoms with Crippen LogP contribution in [0.1, 0.15) is 18.9 Å². The fourth-order valence-electron chi connectivity index (χ4n) is 1.67. The maximum absolute atomic E-state index is 8.92. The lowest BCUT2D eigenvalue weighted by Crippen LogP contribution is -1.79. The predicted octanol–water partition coefficient (Wildman–Crippen LogP) is 4.77. The summed E-state index contributed by atoms with van der Waals surface area (Å²) in [5, 5.41) is 8.92. The second-order valence-electron chi connectivity index (χ2n) is 4.15. The number of phenols is 1. The molecule has 2 aliphatic carbocycles. The zero-order chi connectivity index (χ0) is 12.3. The van der Waals surface area contributed by atoms with Crippen LogP contribution >= 0.6 is 15.9 Å².